The minimum atomic E-state index is -1.11. The van der Waals surface area contributed by atoms with Crippen molar-refractivity contribution >= 4 is 29.0 Å². The van der Waals surface area contributed by atoms with Gasteiger partial charge >= 0.3 is 12.0 Å². The number of anilines is 1. The molecule has 2 aromatic heterocycles. The van der Waals surface area contributed by atoms with E-state index in [0.29, 0.717) is 10.6 Å². The summed E-state index contributed by atoms with van der Waals surface area (Å²) < 4.78 is 0. The predicted octanol–water partition coefficient (Wildman–Crippen LogP) is 2.09. The highest BCUT2D eigenvalue weighted by Gasteiger charge is 2.22. The molecular formula is C12H11N3O3S. The molecule has 2 heterocycles. The molecule has 2 aromatic rings. The maximum atomic E-state index is 11.7. The van der Waals surface area contributed by atoms with Gasteiger partial charge in [-0.05, 0) is 23.6 Å². The molecule has 0 bridgehead atoms. The summed E-state index contributed by atoms with van der Waals surface area (Å²) in [5, 5.41) is 15.8. The summed E-state index contributed by atoms with van der Waals surface area (Å²) in [4.78, 5) is 27.3. The smallest absolute Gasteiger partial charge is 0.331 e. The van der Waals surface area contributed by atoms with Gasteiger partial charge in [0.2, 0.25) is 0 Å². The fraction of sp³-hybridized carbons (Fsp3) is 0.0833. The lowest BCUT2D eigenvalue weighted by molar-refractivity contribution is -0.139. The molecule has 0 radical (unpaired) electrons. The average molecular weight is 277 g/mol. The number of carboxylic acid groups (broad SMARTS) is 1. The number of hydrogen-bond donors (Lipinski definition) is 3. The number of carboxylic acids is 1. The number of aliphatic carboxylic acids is 1. The molecule has 2 rings (SSSR count). The van der Waals surface area contributed by atoms with Crippen LogP contribution in [-0.4, -0.2) is 22.1 Å². The number of carbonyl (C=O) groups is 2. The second kappa shape index (κ2) is 5.96. The van der Waals surface area contributed by atoms with E-state index in [0.717, 1.165) is 0 Å². The third-order valence-corrected chi connectivity index (χ3v) is 3.21. The summed E-state index contributed by atoms with van der Waals surface area (Å²) in [6, 6.07) is 5.08. The molecule has 2 amide bonds. The monoisotopic (exact) mass is 277 g/mol. The maximum absolute atomic E-state index is 11.7. The molecule has 19 heavy (non-hydrogen) atoms. The van der Waals surface area contributed by atoms with Crippen molar-refractivity contribution in [1.29, 1.82) is 0 Å². The number of aromatic nitrogens is 1. The Bertz CT molecular complexity index is 557. The summed E-state index contributed by atoms with van der Waals surface area (Å²) in [7, 11) is 0. The minimum Gasteiger partial charge on any atom is -0.479 e. The van der Waals surface area contributed by atoms with Crippen molar-refractivity contribution in [3.8, 4) is 0 Å². The Kier molecular flexibility index (Phi) is 4.09. The molecule has 0 fully saturated rings. The molecule has 98 valence electrons. The Morgan fingerprint density at radius 1 is 1.32 bits per heavy atom. The van der Waals surface area contributed by atoms with Gasteiger partial charge in [0.05, 0.1) is 11.9 Å². The topological polar surface area (TPSA) is 91.3 Å². The van der Waals surface area contributed by atoms with E-state index in [1.165, 1.54) is 17.5 Å². The van der Waals surface area contributed by atoms with Crippen molar-refractivity contribution in [2.75, 3.05) is 5.32 Å². The van der Waals surface area contributed by atoms with Crippen LogP contribution < -0.4 is 10.6 Å². The molecular weight excluding hydrogens is 266 g/mol. The first kappa shape index (κ1) is 13.0. The first-order valence-corrected chi connectivity index (χ1v) is 6.28. The molecule has 1 atom stereocenters. The van der Waals surface area contributed by atoms with Crippen LogP contribution in [0.3, 0.4) is 0 Å². The van der Waals surface area contributed by atoms with Crippen LogP contribution in [0.4, 0.5) is 10.5 Å². The van der Waals surface area contributed by atoms with Crippen LogP contribution in [0.15, 0.2) is 42.0 Å². The van der Waals surface area contributed by atoms with Gasteiger partial charge in [0.15, 0.2) is 6.04 Å². The van der Waals surface area contributed by atoms with Crippen molar-refractivity contribution in [2.24, 2.45) is 0 Å². The summed E-state index contributed by atoms with van der Waals surface area (Å²) in [5.74, 6) is -1.11. The van der Waals surface area contributed by atoms with Crippen molar-refractivity contribution in [3.63, 3.8) is 0 Å². The number of rotatable bonds is 4. The number of nitrogens with zero attached hydrogens (tertiary/aromatic N) is 1. The second-order valence-corrected chi connectivity index (χ2v) is 4.61. The van der Waals surface area contributed by atoms with E-state index in [-0.39, 0.29) is 0 Å². The van der Waals surface area contributed by atoms with Crippen molar-refractivity contribution in [1.82, 2.24) is 10.3 Å². The van der Waals surface area contributed by atoms with Crippen molar-refractivity contribution in [2.45, 2.75) is 6.04 Å². The normalized spacial score (nSPS) is 11.6. The molecule has 1 unspecified atom stereocenters. The lowest BCUT2D eigenvalue weighted by Crippen LogP contribution is -2.36. The van der Waals surface area contributed by atoms with E-state index in [1.54, 1.807) is 35.8 Å². The van der Waals surface area contributed by atoms with E-state index >= 15 is 0 Å². The molecule has 0 saturated heterocycles. The molecule has 0 saturated carbocycles. The molecule has 0 aliphatic carbocycles. The molecule has 0 spiro atoms. The maximum Gasteiger partial charge on any atom is 0.331 e. The van der Waals surface area contributed by atoms with Gasteiger partial charge in [0.1, 0.15) is 0 Å². The van der Waals surface area contributed by atoms with Crippen LogP contribution >= 0.6 is 11.3 Å². The lowest BCUT2D eigenvalue weighted by atomic mass is 10.2. The third-order valence-electron chi connectivity index (χ3n) is 2.27. The Hall–Kier alpha value is -2.41. The Morgan fingerprint density at radius 3 is 2.74 bits per heavy atom. The van der Waals surface area contributed by atoms with Gasteiger partial charge in [-0.1, -0.05) is 6.07 Å². The summed E-state index contributed by atoms with van der Waals surface area (Å²) in [6.07, 6.45) is 3.05. The van der Waals surface area contributed by atoms with Gasteiger partial charge in [-0.3, -0.25) is 4.98 Å². The first-order chi connectivity index (χ1) is 9.16. The average Bonchev–Trinajstić information content (AvgIpc) is 2.90. The van der Waals surface area contributed by atoms with Gasteiger partial charge in [-0.25, -0.2) is 9.59 Å². The van der Waals surface area contributed by atoms with E-state index in [9.17, 15) is 9.59 Å². The number of nitrogens with one attached hydrogen (secondary N) is 2. The molecule has 0 aromatic carbocycles. The first-order valence-electron chi connectivity index (χ1n) is 5.40. The highest BCUT2D eigenvalue weighted by atomic mass is 32.1. The Balaban J connectivity index is 2.02. The van der Waals surface area contributed by atoms with Gasteiger partial charge in [0.25, 0.3) is 0 Å². The number of amides is 2. The van der Waals surface area contributed by atoms with E-state index in [2.05, 4.69) is 15.6 Å². The van der Waals surface area contributed by atoms with Crippen LogP contribution in [0.1, 0.15) is 10.9 Å². The summed E-state index contributed by atoms with van der Waals surface area (Å²) in [6.45, 7) is 0. The van der Waals surface area contributed by atoms with E-state index in [1.807, 2.05) is 0 Å². The second-order valence-electron chi connectivity index (χ2n) is 3.63. The van der Waals surface area contributed by atoms with Gasteiger partial charge in [0, 0.05) is 11.1 Å². The van der Waals surface area contributed by atoms with Gasteiger partial charge < -0.3 is 15.7 Å². The zero-order valence-corrected chi connectivity index (χ0v) is 10.6. The van der Waals surface area contributed by atoms with E-state index < -0.39 is 18.0 Å². The zero-order valence-electron chi connectivity index (χ0n) is 9.74. The van der Waals surface area contributed by atoms with E-state index in [4.69, 9.17) is 5.11 Å². The SMILES string of the molecule is O=C(Nc1cccnc1)NC(C(=O)O)c1cccs1. The van der Waals surface area contributed by atoms with Gasteiger partial charge in [-0.2, -0.15) is 0 Å². The molecule has 0 aliphatic heterocycles. The van der Waals surface area contributed by atoms with Crippen LogP contribution in [-0.2, 0) is 4.79 Å². The predicted molar refractivity (Wildman–Crippen MR) is 71.1 cm³/mol. The number of thiophene rings is 1. The van der Waals surface area contributed by atoms with Crippen LogP contribution in [0, 0.1) is 0 Å². The van der Waals surface area contributed by atoms with Crippen LogP contribution in [0.5, 0.6) is 0 Å². The number of hydrogen-bond acceptors (Lipinski definition) is 4. The number of urea groups is 1. The zero-order chi connectivity index (χ0) is 13.7. The van der Waals surface area contributed by atoms with Crippen LogP contribution in [0.25, 0.3) is 0 Å². The molecule has 3 N–H and O–H groups in total. The standard InChI is InChI=1S/C12H11N3O3S/c16-11(17)10(9-4-2-6-19-9)15-12(18)14-8-3-1-5-13-7-8/h1-7,10H,(H,16,17)(H2,14,15,18). The molecule has 0 aliphatic rings. The lowest BCUT2D eigenvalue weighted by Gasteiger charge is -2.13. The molecule has 7 heteroatoms. The minimum absolute atomic E-state index is 0.496. The number of carbonyl (C=O) groups excluding carboxylic acids is 1. The van der Waals surface area contributed by atoms with Gasteiger partial charge in [-0.15, -0.1) is 11.3 Å². The largest absolute Gasteiger partial charge is 0.479 e. The Morgan fingerprint density at radius 2 is 2.16 bits per heavy atom. The number of pyridine rings is 1. The van der Waals surface area contributed by atoms with Crippen LogP contribution in [0.2, 0.25) is 0 Å². The highest BCUT2D eigenvalue weighted by molar-refractivity contribution is 7.10. The molecule has 6 nitrogen and oxygen atoms in total. The quantitative estimate of drug-likeness (QED) is 0.798. The summed E-state index contributed by atoms with van der Waals surface area (Å²) >= 11 is 1.27. The third kappa shape index (κ3) is 3.52. The fourth-order valence-electron chi connectivity index (χ4n) is 1.45. The highest BCUT2D eigenvalue weighted by Crippen LogP contribution is 2.19. The van der Waals surface area contributed by atoms with Crippen molar-refractivity contribution < 1.29 is 14.7 Å². The van der Waals surface area contributed by atoms with Crippen molar-refractivity contribution in [3.05, 3.63) is 46.9 Å². The Labute approximate surface area is 113 Å². The summed E-state index contributed by atoms with van der Waals surface area (Å²) in [5.41, 5.74) is 0.496. The fourth-order valence-corrected chi connectivity index (χ4v) is 2.21.